The van der Waals surface area contributed by atoms with Crippen LogP contribution in [0.4, 0.5) is 0 Å². The number of allylic oxidation sites excluding steroid dienone is 16. The van der Waals surface area contributed by atoms with Crippen molar-refractivity contribution >= 4 is 11.9 Å². The summed E-state index contributed by atoms with van der Waals surface area (Å²) in [5, 5.41) is 9.64. The number of hydrogen-bond acceptors (Lipinski definition) is 5. The predicted molar refractivity (Wildman–Crippen MR) is 302 cm³/mol. The van der Waals surface area contributed by atoms with Crippen molar-refractivity contribution in [3.8, 4) is 0 Å². The Hall–Kier alpha value is -3.18. The second kappa shape index (κ2) is 59.1. The molecule has 0 spiro atoms. The lowest BCUT2D eigenvalue weighted by molar-refractivity contribution is -0.161. The van der Waals surface area contributed by atoms with Crippen molar-refractivity contribution in [3.05, 3.63) is 97.2 Å². The van der Waals surface area contributed by atoms with E-state index in [0.29, 0.717) is 12.8 Å². The summed E-state index contributed by atoms with van der Waals surface area (Å²) >= 11 is 0. The van der Waals surface area contributed by atoms with Gasteiger partial charge in [-0.05, 0) is 96.3 Å². The molecular weight excluding hydrogens is 849 g/mol. The maximum atomic E-state index is 12.3. The molecule has 396 valence electrons. The van der Waals surface area contributed by atoms with Crippen LogP contribution >= 0.6 is 0 Å². The smallest absolute Gasteiger partial charge is 0.306 e. The number of esters is 2. The highest BCUT2D eigenvalue weighted by atomic mass is 16.6. The van der Waals surface area contributed by atoms with E-state index in [0.717, 1.165) is 89.9 Å². The van der Waals surface area contributed by atoms with Crippen LogP contribution in [0.5, 0.6) is 0 Å². The number of hydrogen-bond donors (Lipinski definition) is 1. The Kier molecular flexibility index (Phi) is 56.4. The van der Waals surface area contributed by atoms with Gasteiger partial charge < -0.3 is 14.6 Å². The van der Waals surface area contributed by atoms with Crippen molar-refractivity contribution in [1.29, 1.82) is 0 Å². The molecule has 1 N–H and O–H groups in total. The summed E-state index contributed by atoms with van der Waals surface area (Å²) in [6, 6.07) is 0. The zero-order valence-electron chi connectivity index (χ0n) is 45.3. The molecule has 0 aliphatic carbocycles. The zero-order chi connectivity index (χ0) is 49.9. The second-order valence-corrected chi connectivity index (χ2v) is 19.3. The fourth-order valence-electron chi connectivity index (χ4n) is 8.24. The maximum absolute atomic E-state index is 12.3. The van der Waals surface area contributed by atoms with Gasteiger partial charge in [-0.3, -0.25) is 9.59 Å². The van der Waals surface area contributed by atoms with Gasteiger partial charge in [0.15, 0.2) is 6.10 Å². The van der Waals surface area contributed by atoms with Crippen molar-refractivity contribution in [2.45, 2.75) is 283 Å². The number of ether oxygens (including phenoxy) is 2. The van der Waals surface area contributed by atoms with Gasteiger partial charge >= 0.3 is 11.9 Å². The van der Waals surface area contributed by atoms with Crippen LogP contribution in [0.25, 0.3) is 0 Å². The molecule has 0 saturated heterocycles. The number of carbonyl (C=O) groups excluding carboxylic acids is 2. The first kappa shape index (κ1) is 65.8. The third-order valence-corrected chi connectivity index (χ3v) is 12.6. The van der Waals surface area contributed by atoms with Crippen molar-refractivity contribution < 1.29 is 24.2 Å². The van der Waals surface area contributed by atoms with Crippen molar-refractivity contribution in [2.75, 3.05) is 13.2 Å². The second-order valence-electron chi connectivity index (χ2n) is 19.3. The summed E-state index contributed by atoms with van der Waals surface area (Å²) in [4.78, 5) is 24.5. The molecule has 0 fully saturated rings. The lowest BCUT2D eigenvalue weighted by atomic mass is 10.0. The standard InChI is InChI=1S/C64H110O5/c1-3-5-7-9-11-13-15-17-19-21-22-23-24-25-26-27-28-29-30-31-32-33-34-35-36-37-38-39-40-41-42-43-45-47-49-51-53-55-57-59-64(67)69-62(60-65)61-68-63(66)58-56-54-52-50-48-46-44-20-18-16-14-12-10-8-6-4-2/h5,7,11,13,17,19-20,22-23,25-26,28-29,31-32,44,62,65H,3-4,6,8-10,12,14-16,18,21,24,27,30,33-43,45-61H2,1-2H3/b7-5-,13-11-,19-17-,23-22-,26-25-,29-28-,32-31-,44-20-. The van der Waals surface area contributed by atoms with E-state index in [9.17, 15) is 14.7 Å². The molecule has 5 heteroatoms. The highest BCUT2D eigenvalue weighted by Crippen LogP contribution is 2.16. The lowest BCUT2D eigenvalue weighted by Gasteiger charge is -2.15. The largest absolute Gasteiger partial charge is 0.462 e. The molecule has 1 atom stereocenters. The molecule has 0 rings (SSSR count). The van der Waals surface area contributed by atoms with Crippen LogP contribution in [0.3, 0.4) is 0 Å². The monoisotopic (exact) mass is 959 g/mol. The molecule has 0 aromatic heterocycles. The Morgan fingerprint density at radius 3 is 0.957 bits per heavy atom. The van der Waals surface area contributed by atoms with E-state index in [1.54, 1.807) is 0 Å². The van der Waals surface area contributed by atoms with E-state index in [4.69, 9.17) is 9.47 Å². The maximum Gasteiger partial charge on any atom is 0.306 e. The topological polar surface area (TPSA) is 72.8 Å². The van der Waals surface area contributed by atoms with Crippen LogP contribution < -0.4 is 0 Å². The van der Waals surface area contributed by atoms with Crippen LogP contribution in [-0.2, 0) is 19.1 Å². The molecule has 0 heterocycles. The number of rotatable bonds is 53. The average Bonchev–Trinajstić information content (AvgIpc) is 3.35. The van der Waals surface area contributed by atoms with E-state index in [2.05, 4.69) is 111 Å². The first-order valence-corrected chi connectivity index (χ1v) is 29.3. The zero-order valence-corrected chi connectivity index (χ0v) is 45.3. The summed E-state index contributed by atoms with van der Waals surface area (Å²) in [6.07, 6.45) is 83.9. The molecule has 69 heavy (non-hydrogen) atoms. The van der Waals surface area contributed by atoms with Crippen molar-refractivity contribution in [2.24, 2.45) is 0 Å². The summed E-state index contributed by atoms with van der Waals surface area (Å²) in [5.74, 6) is -0.594. The van der Waals surface area contributed by atoms with Gasteiger partial charge in [-0.2, -0.15) is 0 Å². The van der Waals surface area contributed by atoms with Gasteiger partial charge in [0.2, 0.25) is 0 Å². The Balaban J connectivity index is 3.48. The first-order valence-electron chi connectivity index (χ1n) is 29.3. The fraction of sp³-hybridized carbons (Fsp3) is 0.719. The Bertz CT molecular complexity index is 1310. The third kappa shape index (κ3) is 57.3. The molecule has 0 aromatic carbocycles. The fourth-order valence-corrected chi connectivity index (χ4v) is 8.24. The van der Waals surface area contributed by atoms with Gasteiger partial charge in [-0.25, -0.2) is 0 Å². The minimum absolute atomic E-state index is 0.0704. The quantitative estimate of drug-likeness (QED) is 0.0374. The van der Waals surface area contributed by atoms with Crippen LogP contribution in [0.1, 0.15) is 277 Å². The molecule has 0 bridgehead atoms. The van der Waals surface area contributed by atoms with Gasteiger partial charge in [-0.15, -0.1) is 0 Å². The normalized spacial score (nSPS) is 12.9. The highest BCUT2D eigenvalue weighted by Gasteiger charge is 2.16. The summed E-state index contributed by atoms with van der Waals surface area (Å²) in [6.45, 7) is 4.03. The van der Waals surface area contributed by atoms with Gasteiger partial charge in [0, 0.05) is 12.8 Å². The Labute approximate surface area is 428 Å². The predicted octanol–water partition coefficient (Wildman–Crippen LogP) is 19.9. The SMILES string of the molecule is CC/C=C\C/C=C\C/C=C\C/C=C\C/C=C\C/C=C\C/C=C\CCCCCCCCCCCCCCCCCCCC(=O)OC(CO)COC(=O)CCCCCCC/C=C\CCCCCCCCC. The number of unbranched alkanes of at least 4 members (excludes halogenated alkanes) is 29. The highest BCUT2D eigenvalue weighted by molar-refractivity contribution is 5.70. The molecular formula is C64H110O5. The van der Waals surface area contributed by atoms with E-state index < -0.39 is 6.10 Å². The number of carbonyl (C=O) groups is 2. The van der Waals surface area contributed by atoms with E-state index in [1.165, 1.54) is 161 Å². The van der Waals surface area contributed by atoms with E-state index in [-0.39, 0.29) is 25.2 Å². The van der Waals surface area contributed by atoms with Gasteiger partial charge in [0.1, 0.15) is 6.61 Å². The van der Waals surface area contributed by atoms with E-state index >= 15 is 0 Å². The van der Waals surface area contributed by atoms with E-state index in [1.807, 2.05) is 0 Å². The van der Waals surface area contributed by atoms with Crippen molar-refractivity contribution in [1.82, 2.24) is 0 Å². The Morgan fingerprint density at radius 1 is 0.348 bits per heavy atom. The summed E-state index contributed by atoms with van der Waals surface area (Å²) in [5.41, 5.74) is 0. The minimum Gasteiger partial charge on any atom is -0.462 e. The number of aliphatic hydroxyl groups is 1. The van der Waals surface area contributed by atoms with Crippen LogP contribution in [0.15, 0.2) is 97.2 Å². The average molecular weight is 960 g/mol. The van der Waals surface area contributed by atoms with Crippen LogP contribution in [-0.4, -0.2) is 36.4 Å². The molecule has 0 amide bonds. The molecule has 0 saturated carbocycles. The number of aliphatic hydroxyl groups excluding tert-OH is 1. The molecule has 0 radical (unpaired) electrons. The Morgan fingerprint density at radius 2 is 0.623 bits per heavy atom. The molecule has 0 aliphatic heterocycles. The van der Waals surface area contributed by atoms with Gasteiger partial charge in [-0.1, -0.05) is 265 Å². The van der Waals surface area contributed by atoms with Crippen molar-refractivity contribution in [3.63, 3.8) is 0 Å². The molecule has 1 unspecified atom stereocenters. The molecule has 5 nitrogen and oxygen atoms in total. The van der Waals surface area contributed by atoms with Gasteiger partial charge in [0.05, 0.1) is 6.61 Å². The van der Waals surface area contributed by atoms with Gasteiger partial charge in [0.25, 0.3) is 0 Å². The summed E-state index contributed by atoms with van der Waals surface area (Å²) < 4.78 is 10.7. The third-order valence-electron chi connectivity index (χ3n) is 12.6. The lowest BCUT2D eigenvalue weighted by Crippen LogP contribution is -2.28. The summed E-state index contributed by atoms with van der Waals surface area (Å²) in [7, 11) is 0. The van der Waals surface area contributed by atoms with Crippen LogP contribution in [0, 0.1) is 0 Å². The molecule has 0 aromatic rings. The van der Waals surface area contributed by atoms with Crippen LogP contribution in [0.2, 0.25) is 0 Å². The minimum atomic E-state index is -0.778. The molecule has 0 aliphatic rings. The first-order chi connectivity index (χ1) is 34.1.